The topological polar surface area (TPSA) is 98.7 Å². The molecule has 0 aliphatic carbocycles. The molecule has 0 fully saturated rings. The van der Waals surface area contributed by atoms with Gasteiger partial charge in [-0.1, -0.05) is 30.3 Å². The number of hydrogen-bond acceptors (Lipinski definition) is 3. The summed E-state index contributed by atoms with van der Waals surface area (Å²) in [5.74, 6) is -0.959. The maximum Gasteiger partial charge on any atom is 0.314 e. The second kappa shape index (κ2) is 8.10. The number of aliphatic carboxylic acids is 1. The molecule has 6 nitrogen and oxygen atoms in total. The maximum absolute atomic E-state index is 11.2. The summed E-state index contributed by atoms with van der Waals surface area (Å²) >= 11 is 0. The molecule has 0 bridgehead atoms. The number of carboxylic acid groups (broad SMARTS) is 1. The molecular formula is C13H18N2O4. The summed E-state index contributed by atoms with van der Waals surface area (Å²) in [6.07, 6.45) is -0.336. The number of benzene rings is 1. The van der Waals surface area contributed by atoms with E-state index in [0.717, 1.165) is 5.56 Å². The fourth-order valence-electron chi connectivity index (χ4n) is 1.51. The largest absolute Gasteiger partial charge is 0.481 e. The van der Waals surface area contributed by atoms with E-state index in [2.05, 4.69) is 10.6 Å². The predicted molar refractivity (Wildman–Crippen MR) is 69.7 cm³/mol. The Labute approximate surface area is 111 Å². The third kappa shape index (κ3) is 6.42. The van der Waals surface area contributed by atoms with Crippen LogP contribution in [0, 0.1) is 0 Å². The minimum absolute atomic E-state index is 0.0857. The molecule has 1 unspecified atom stereocenters. The van der Waals surface area contributed by atoms with Gasteiger partial charge in [-0.25, -0.2) is 4.79 Å². The van der Waals surface area contributed by atoms with Crippen molar-refractivity contribution in [1.82, 2.24) is 10.6 Å². The van der Waals surface area contributed by atoms with Crippen LogP contribution in [-0.2, 0) is 4.79 Å². The van der Waals surface area contributed by atoms with Crippen LogP contribution in [0.3, 0.4) is 0 Å². The highest BCUT2D eigenvalue weighted by Crippen LogP contribution is 2.14. The summed E-state index contributed by atoms with van der Waals surface area (Å²) in [6, 6.07) is 8.75. The molecule has 0 spiro atoms. The van der Waals surface area contributed by atoms with Crippen molar-refractivity contribution in [2.45, 2.75) is 18.9 Å². The fourth-order valence-corrected chi connectivity index (χ4v) is 1.51. The van der Waals surface area contributed by atoms with E-state index < -0.39 is 18.1 Å². The Morgan fingerprint density at radius 3 is 2.37 bits per heavy atom. The summed E-state index contributed by atoms with van der Waals surface area (Å²) < 4.78 is 0. The third-order valence-corrected chi connectivity index (χ3v) is 2.51. The number of urea groups is 1. The zero-order chi connectivity index (χ0) is 14.1. The lowest BCUT2D eigenvalue weighted by Crippen LogP contribution is -2.37. The van der Waals surface area contributed by atoms with Crippen molar-refractivity contribution in [3.63, 3.8) is 0 Å². The summed E-state index contributed by atoms with van der Waals surface area (Å²) in [5.41, 5.74) is 0.801. The molecule has 1 aromatic carbocycles. The highest BCUT2D eigenvalue weighted by Gasteiger charge is 2.07. The molecule has 4 N–H and O–H groups in total. The molecule has 2 amide bonds. The van der Waals surface area contributed by atoms with Crippen molar-refractivity contribution in [3.8, 4) is 0 Å². The molecular weight excluding hydrogens is 248 g/mol. The maximum atomic E-state index is 11.2. The van der Waals surface area contributed by atoms with E-state index in [1.54, 1.807) is 0 Å². The van der Waals surface area contributed by atoms with Gasteiger partial charge in [-0.05, 0) is 12.0 Å². The van der Waals surface area contributed by atoms with Crippen LogP contribution < -0.4 is 10.6 Å². The van der Waals surface area contributed by atoms with E-state index >= 15 is 0 Å². The Hall–Kier alpha value is -2.08. The molecule has 0 saturated carbocycles. The van der Waals surface area contributed by atoms with Gasteiger partial charge in [0.25, 0.3) is 0 Å². The van der Waals surface area contributed by atoms with Crippen molar-refractivity contribution in [2.24, 2.45) is 0 Å². The lowest BCUT2D eigenvalue weighted by molar-refractivity contribution is -0.136. The summed E-state index contributed by atoms with van der Waals surface area (Å²) in [4.78, 5) is 21.5. The molecule has 0 aliphatic heterocycles. The van der Waals surface area contributed by atoms with E-state index in [1.165, 1.54) is 0 Å². The van der Waals surface area contributed by atoms with Crippen LogP contribution >= 0.6 is 0 Å². The van der Waals surface area contributed by atoms with Gasteiger partial charge in [0, 0.05) is 13.1 Å². The summed E-state index contributed by atoms with van der Waals surface area (Å²) in [6.45, 7) is 0.400. The van der Waals surface area contributed by atoms with Crippen molar-refractivity contribution >= 4 is 12.0 Å². The monoisotopic (exact) mass is 266 g/mol. The number of carbonyl (C=O) groups excluding carboxylic acids is 1. The van der Waals surface area contributed by atoms with Crippen LogP contribution in [0.1, 0.15) is 24.5 Å². The molecule has 0 heterocycles. The van der Waals surface area contributed by atoms with E-state index in [9.17, 15) is 14.7 Å². The Kier molecular flexibility index (Phi) is 6.38. The van der Waals surface area contributed by atoms with Gasteiger partial charge in [0.1, 0.15) is 0 Å². The molecule has 104 valence electrons. The number of hydrogen-bond donors (Lipinski definition) is 4. The zero-order valence-electron chi connectivity index (χ0n) is 10.5. The van der Waals surface area contributed by atoms with Crippen LogP contribution in [0.5, 0.6) is 0 Å². The molecule has 0 radical (unpaired) electrons. The first kappa shape index (κ1) is 15.0. The average molecular weight is 266 g/mol. The number of carbonyl (C=O) groups is 2. The van der Waals surface area contributed by atoms with Crippen LogP contribution in [0.2, 0.25) is 0 Å². The lowest BCUT2D eigenvalue weighted by Gasteiger charge is -2.11. The Balaban J connectivity index is 2.16. The van der Waals surface area contributed by atoms with Gasteiger partial charge in [-0.3, -0.25) is 4.79 Å². The normalized spacial score (nSPS) is 11.6. The van der Waals surface area contributed by atoms with Crippen LogP contribution in [0.15, 0.2) is 30.3 Å². The number of nitrogens with one attached hydrogen (secondary N) is 2. The molecule has 6 heteroatoms. The second-order valence-corrected chi connectivity index (χ2v) is 4.04. The molecule has 0 aliphatic rings. The van der Waals surface area contributed by atoms with E-state index in [1.807, 2.05) is 30.3 Å². The second-order valence-electron chi connectivity index (χ2n) is 4.04. The van der Waals surface area contributed by atoms with Gasteiger partial charge >= 0.3 is 12.0 Å². The number of aliphatic hydroxyl groups is 1. The van der Waals surface area contributed by atoms with E-state index in [0.29, 0.717) is 13.0 Å². The molecule has 0 aromatic heterocycles. The highest BCUT2D eigenvalue weighted by atomic mass is 16.4. The molecule has 1 atom stereocenters. The van der Waals surface area contributed by atoms with Gasteiger partial charge in [0.05, 0.1) is 12.5 Å². The Morgan fingerprint density at radius 2 is 1.74 bits per heavy atom. The molecule has 1 rings (SSSR count). The Bertz CT molecular complexity index is 408. The van der Waals surface area contributed by atoms with Gasteiger partial charge in [-0.15, -0.1) is 0 Å². The first-order valence-electron chi connectivity index (χ1n) is 6.06. The van der Waals surface area contributed by atoms with E-state index in [4.69, 9.17) is 5.11 Å². The summed E-state index contributed by atoms with van der Waals surface area (Å²) in [7, 11) is 0. The predicted octanol–water partition coefficient (Wildman–Crippen LogP) is 0.884. The Morgan fingerprint density at radius 1 is 1.11 bits per heavy atom. The third-order valence-electron chi connectivity index (χ3n) is 2.51. The van der Waals surface area contributed by atoms with Crippen LogP contribution in [0.4, 0.5) is 4.79 Å². The first-order chi connectivity index (χ1) is 9.09. The molecule has 0 saturated heterocycles. The highest BCUT2D eigenvalue weighted by molar-refractivity contribution is 5.74. The summed E-state index contributed by atoms with van der Waals surface area (Å²) in [5, 5.41) is 23.2. The van der Waals surface area contributed by atoms with Crippen LogP contribution in [-0.4, -0.2) is 35.3 Å². The molecule has 19 heavy (non-hydrogen) atoms. The van der Waals surface area contributed by atoms with Crippen molar-refractivity contribution in [3.05, 3.63) is 35.9 Å². The molecule has 1 aromatic rings. The van der Waals surface area contributed by atoms with Gasteiger partial charge in [0.15, 0.2) is 0 Å². The van der Waals surface area contributed by atoms with Crippen LogP contribution in [0.25, 0.3) is 0 Å². The smallest absolute Gasteiger partial charge is 0.314 e. The van der Waals surface area contributed by atoms with Gasteiger partial charge < -0.3 is 20.8 Å². The lowest BCUT2D eigenvalue weighted by atomic mass is 10.1. The SMILES string of the molecule is O=C(O)CCNC(=O)NCCC(O)c1ccccc1. The van der Waals surface area contributed by atoms with Gasteiger partial charge in [-0.2, -0.15) is 0 Å². The zero-order valence-corrected chi connectivity index (χ0v) is 10.5. The number of aliphatic hydroxyl groups excluding tert-OH is 1. The average Bonchev–Trinajstić information content (AvgIpc) is 2.39. The minimum atomic E-state index is -0.959. The first-order valence-corrected chi connectivity index (χ1v) is 6.06. The standard InChI is InChI=1S/C13H18N2O4/c16-11(10-4-2-1-3-5-10)6-8-14-13(19)15-9-7-12(17)18/h1-5,11,16H,6-9H2,(H,17,18)(H2,14,15,19). The minimum Gasteiger partial charge on any atom is -0.481 e. The van der Waals surface area contributed by atoms with Gasteiger partial charge in [0.2, 0.25) is 0 Å². The number of rotatable bonds is 7. The van der Waals surface area contributed by atoms with Crippen molar-refractivity contribution in [1.29, 1.82) is 0 Å². The quantitative estimate of drug-likeness (QED) is 0.589. The van der Waals surface area contributed by atoms with E-state index in [-0.39, 0.29) is 13.0 Å². The number of amides is 2. The van der Waals surface area contributed by atoms with Crippen molar-refractivity contribution < 1.29 is 19.8 Å². The number of carboxylic acids is 1. The van der Waals surface area contributed by atoms with Crippen molar-refractivity contribution in [2.75, 3.05) is 13.1 Å². The fraction of sp³-hybridized carbons (Fsp3) is 0.385.